The second-order valence-electron chi connectivity index (χ2n) is 6.40. The standard InChI is InChI=1S/C23H14Cl2N2O4/c24-19-8-7-17(22(25)12-19)14-31-21-6-1-3-15(10-21)9-18(13-26)23(28)16-4-2-5-20(11-16)27(29)30/h1-12H,14H2. The molecule has 0 amide bonds. The molecule has 0 heterocycles. The predicted molar refractivity (Wildman–Crippen MR) is 118 cm³/mol. The first-order valence-corrected chi connectivity index (χ1v) is 9.70. The van der Waals surface area contributed by atoms with Gasteiger partial charge in [-0.25, -0.2) is 0 Å². The molecule has 0 spiro atoms. The minimum absolute atomic E-state index is 0.0618. The first-order chi connectivity index (χ1) is 14.9. The number of halogens is 2. The molecule has 0 radical (unpaired) electrons. The number of rotatable bonds is 7. The number of hydrogen-bond donors (Lipinski definition) is 0. The summed E-state index contributed by atoms with van der Waals surface area (Å²) in [5.74, 6) is -0.0923. The van der Waals surface area contributed by atoms with Crippen molar-refractivity contribution in [1.82, 2.24) is 0 Å². The predicted octanol–water partition coefficient (Wildman–Crippen LogP) is 6.27. The monoisotopic (exact) mass is 452 g/mol. The second-order valence-corrected chi connectivity index (χ2v) is 7.25. The van der Waals surface area contributed by atoms with Gasteiger partial charge in [-0.3, -0.25) is 14.9 Å². The number of Topliss-reactive ketones (excluding diaryl/α,β-unsaturated/α-hetero) is 1. The highest BCUT2D eigenvalue weighted by molar-refractivity contribution is 6.35. The maximum Gasteiger partial charge on any atom is 0.270 e. The molecular weight excluding hydrogens is 439 g/mol. The molecule has 0 bridgehead atoms. The van der Waals surface area contributed by atoms with Crippen molar-refractivity contribution >= 4 is 40.7 Å². The molecule has 3 aromatic carbocycles. The second kappa shape index (κ2) is 9.90. The van der Waals surface area contributed by atoms with E-state index in [1.54, 1.807) is 42.5 Å². The van der Waals surface area contributed by atoms with Gasteiger partial charge >= 0.3 is 0 Å². The summed E-state index contributed by atoms with van der Waals surface area (Å²) in [6.45, 7) is 0.209. The smallest absolute Gasteiger partial charge is 0.270 e. The first kappa shape index (κ1) is 22.0. The first-order valence-electron chi connectivity index (χ1n) is 8.95. The summed E-state index contributed by atoms with van der Waals surface area (Å²) in [4.78, 5) is 23.0. The van der Waals surface area contributed by atoms with E-state index in [2.05, 4.69) is 0 Å². The van der Waals surface area contributed by atoms with Gasteiger partial charge in [0.05, 0.1) is 4.92 Å². The van der Waals surface area contributed by atoms with E-state index in [0.29, 0.717) is 21.4 Å². The highest BCUT2D eigenvalue weighted by Gasteiger charge is 2.16. The molecule has 0 atom stereocenters. The number of nitriles is 1. The molecule has 154 valence electrons. The van der Waals surface area contributed by atoms with Crippen molar-refractivity contribution in [3.63, 3.8) is 0 Å². The largest absolute Gasteiger partial charge is 0.489 e. The Balaban J connectivity index is 1.80. The van der Waals surface area contributed by atoms with E-state index < -0.39 is 10.7 Å². The molecule has 6 nitrogen and oxygen atoms in total. The molecule has 0 aliphatic rings. The van der Waals surface area contributed by atoms with Crippen LogP contribution in [0.4, 0.5) is 5.69 Å². The normalized spacial score (nSPS) is 10.9. The van der Waals surface area contributed by atoms with Gasteiger partial charge in [0.25, 0.3) is 5.69 Å². The number of benzene rings is 3. The quantitative estimate of drug-likeness (QED) is 0.138. The molecular formula is C23H14Cl2N2O4. The summed E-state index contributed by atoms with van der Waals surface area (Å²) < 4.78 is 5.76. The van der Waals surface area contributed by atoms with E-state index in [1.165, 1.54) is 24.3 Å². The van der Waals surface area contributed by atoms with Crippen LogP contribution in [0.1, 0.15) is 21.5 Å². The zero-order chi connectivity index (χ0) is 22.4. The maximum absolute atomic E-state index is 12.6. The number of carbonyl (C=O) groups is 1. The maximum atomic E-state index is 12.6. The SMILES string of the molecule is N#CC(=Cc1cccc(OCc2ccc(Cl)cc2Cl)c1)C(=O)c1cccc([N+](=O)[O-])c1. The summed E-state index contributed by atoms with van der Waals surface area (Å²) in [5, 5.41) is 21.4. The molecule has 0 aromatic heterocycles. The Morgan fingerprint density at radius 1 is 1.10 bits per heavy atom. The van der Waals surface area contributed by atoms with Crippen LogP contribution < -0.4 is 4.74 Å². The molecule has 0 fully saturated rings. The minimum atomic E-state index is -0.606. The highest BCUT2D eigenvalue weighted by Crippen LogP contribution is 2.24. The van der Waals surface area contributed by atoms with Gasteiger partial charge in [-0.05, 0) is 35.9 Å². The van der Waals surface area contributed by atoms with Gasteiger partial charge in [-0.1, -0.05) is 53.5 Å². The Morgan fingerprint density at radius 2 is 1.87 bits per heavy atom. The molecule has 0 aliphatic heterocycles. The van der Waals surface area contributed by atoms with E-state index in [9.17, 15) is 20.2 Å². The van der Waals surface area contributed by atoms with Gasteiger partial charge in [-0.2, -0.15) is 5.26 Å². The van der Waals surface area contributed by atoms with Gasteiger partial charge in [0, 0.05) is 33.3 Å². The van der Waals surface area contributed by atoms with Gasteiger partial charge < -0.3 is 4.74 Å². The van der Waals surface area contributed by atoms with Crippen LogP contribution >= 0.6 is 23.2 Å². The molecule has 0 unspecified atom stereocenters. The van der Waals surface area contributed by atoms with Crippen LogP contribution in [0.2, 0.25) is 10.0 Å². The average molecular weight is 453 g/mol. The zero-order valence-corrected chi connectivity index (χ0v) is 17.4. The van der Waals surface area contributed by atoms with Gasteiger partial charge in [-0.15, -0.1) is 0 Å². The lowest BCUT2D eigenvalue weighted by atomic mass is 10.0. The lowest BCUT2D eigenvalue weighted by Gasteiger charge is -2.09. The number of nitro benzene ring substituents is 1. The molecule has 3 rings (SSSR count). The molecule has 0 saturated heterocycles. The van der Waals surface area contributed by atoms with Crippen molar-refractivity contribution in [2.75, 3.05) is 0 Å². The Bertz CT molecular complexity index is 1230. The van der Waals surface area contributed by atoms with Crippen molar-refractivity contribution in [2.45, 2.75) is 6.61 Å². The third-order valence-electron chi connectivity index (χ3n) is 4.26. The Hall–Kier alpha value is -3.66. The van der Waals surface area contributed by atoms with Crippen LogP contribution in [-0.4, -0.2) is 10.7 Å². The lowest BCUT2D eigenvalue weighted by Crippen LogP contribution is -2.03. The van der Waals surface area contributed by atoms with Crippen LogP contribution in [0.25, 0.3) is 6.08 Å². The van der Waals surface area contributed by atoms with E-state index in [-0.39, 0.29) is 23.4 Å². The fraction of sp³-hybridized carbons (Fsp3) is 0.0435. The lowest BCUT2D eigenvalue weighted by molar-refractivity contribution is -0.384. The van der Waals surface area contributed by atoms with Crippen LogP contribution in [0.5, 0.6) is 5.75 Å². The van der Waals surface area contributed by atoms with E-state index in [1.807, 2.05) is 6.07 Å². The van der Waals surface area contributed by atoms with Crippen molar-refractivity contribution in [2.24, 2.45) is 0 Å². The van der Waals surface area contributed by atoms with Crippen molar-refractivity contribution in [3.8, 4) is 11.8 Å². The Kier molecular flexibility index (Phi) is 7.03. The van der Waals surface area contributed by atoms with Crippen molar-refractivity contribution < 1.29 is 14.5 Å². The van der Waals surface area contributed by atoms with Crippen LogP contribution in [0.15, 0.2) is 72.3 Å². The molecule has 31 heavy (non-hydrogen) atoms. The van der Waals surface area contributed by atoms with Gasteiger partial charge in [0.1, 0.15) is 24.0 Å². The van der Waals surface area contributed by atoms with Crippen molar-refractivity contribution in [1.29, 1.82) is 5.26 Å². The van der Waals surface area contributed by atoms with Gasteiger partial charge in [0.15, 0.2) is 0 Å². The zero-order valence-electron chi connectivity index (χ0n) is 15.9. The van der Waals surface area contributed by atoms with E-state index in [0.717, 1.165) is 11.6 Å². The summed E-state index contributed by atoms with van der Waals surface area (Å²) >= 11 is 12.0. The van der Waals surface area contributed by atoms with E-state index in [4.69, 9.17) is 27.9 Å². The number of ether oxygens (including phenoxy) is 1. The number of carbonyl (C=O) groups excluding carboxylic acids is 1. The van der Waals surface area contributed by atoms with E-state index >= 15 is 0 Å². The molecule has 0 N–H and O–H groups in total. The summed E-state index contributed by atoms with van der Waals surface area (Å²) in [6, 6.07) is 19.0. The number of nitro groups is 1. The van der Waals surface area contributed by atoms with Crippen molar-refractivity contribution in [3.05, 3.63) is 109 Å². The fourth-order valence-electron chi connectivity index (χ4n) is 2.73. The average Bonchev–Trinajstić information content (AvgIpc) is 2.77. The molecule has 0 aliphatic carbocycles. The summed E-state index contributed by atoms with van der Waals surface area (Å²) in [6.07, 6.45) is 1.41. The number of allylic oxidation sites excluding steroid dienone is 1. The Morgan fingerprint density at radius 3 is 2.58 bits per heavy atom. The minimum Gasteiger partial charge on any atom is -0.489 e. The van der Waals surface area contributed by atoms with Crippen LogP contribution in [-0.2, 0) is 6.61 Å². The van der Waals surface area contributed by atoms with Gasteiger partial charge in [0.2, 0.25) is 5.78 Å². The number of nitrogens with zero attached hydrogens (tertiary/aromatic N) is 2. The fourth-order valence-corrected chi connectivity index (χ4v) is 3.19. The molecule has 3 aromatic rings. The number of non-ortho nitro benzene ring substituents is 1. The molecule has 0 saturated carbocycles. The Labute approximate surface area is 188 Å². The summed E-state index contributed by atoms with van der Waals surface area (Å²) in [5.41, 5.74) is 1.00. The number of hydrogen-bond acceptors (Lipinski definition) is 5. The molecule has 8 heteroatoms. The van der Waals surface area contributed by atoms with Crippen LogP contribution in [0.3, 0.4) is 0 Å². The highest BCUT2D eigenvalue weighted by atomic mass is 35.5. The summed E-state index contributed by atoms with van der Waals surface area (Å²) in [7, 11) is 0. The van der Waals surface area contributed by atoms with Crippen LogP contribution in [0, 0.1) is 21.4 Å². The number of ketones is 1. The third kappa shape index (κ3) is 5.70. The third-order valence-corrected chi connectivity index (χ3v) is 4.85. The topological polar surface area (TPSA) is 93.2 Å².